The Kier molecular flexibility index (Phi) is 11.0. The summed E-state index contributed by atoms with van der Waals surface area (Å²) in [5.41, 5.74) is 24.0. The molecule has 4 heteroatoms. The summed E-state index contributed by atoms with van der Waals surface area (Å²) in [6, 6.07) is 14.3. The molecule has 0 saturated heterocycles. The molecule has 16 rings (SSSR count). The topological polar surface area (TPSA) is 28.9 Å². The summed E-state index contributed by atoms with van der Waals surface area (Å²) in [5.74, 6) is 6.39. The van der Waals surface area contributed by atoms with Crippen molar-refractivity contribution in [3.05, 3.63) is 200 Å². The average Bonchev–Trinajstić information content (AvgIpc) is 2.98. The molecule has 2 fully saturated rings. The van der Waals surface area contributed by atoms with E-state index in [0.717, 1.165) is 81.3 Å². The number of para-hydroxylation sites is 2. The van der Waals surface area contributed by atoms with Crippen LogP contribution in [0.15, 0.2) is 188 Å². The molecule has 9 atom stereocenters. The van der Waals surface area contributed by atoms with Crippen LogP contribution in [0.25, 0.3) is 17.0 Å². The quantitative estimate of drug-likeness (QED) is 0.200. The van der Waals surface area contributed by atoms with Crippen LogP contribution in [0, 0.1) is 58.7 Å². The third-order valence-electron chi connectivity index (χ3n) is 21.6. The average molecular weight is 1020 g/mol. The van der Waals surface area contributed by atoms with Gasteiger partial charge in [0.1, 0.15) is 17.6 Å². The molecule has 0 spiro atoms. The Balaban J connectivity index is 0.928. The molecule has 3 aromatic rings. The van der Waals surface area contributed by atoms with E-state index in [4.69, 9.17) is 9.15 Å². The molecule has 0 amide bonds. The van der Waals surface area contributed by atoms with Crippen LogP contribution in [0.5, 0.6) is 5.75 Å². The van der Waals surface area contributed by atoms with Gasteiger partial charge < -0.3 is 19.0 Å². The fraction of sp³-hybridized carbons (Fsp3) is 0.452. The van der Waals surface area contributed by atoms with Crippen LogP contribution in [0.1, 0.15) is 153 Å². The summed E-state index contributed by atoms with van der Waals surface area (Å²) in [5, 5.41) is 1.27. The van der Waals surface area contributed by atoms with E-state index in [-0.39, 0.29) is 23.4 Å². The van der Waals surface area contributed by atoms with Crippen molar-refractivity contribution in [2.24, 2.45) is 58.7 Å². The molecule has 392 valence electrons. The smallest absolute Gasteiger partial charge is 0.158 e. The molecule has 2 aromatic carbocycles. The molecule has 0 radical (unpaired) electrons. The lowest BCUT2D eigenvalue weighted by atomic mass is 9.47. The maximum Gasteiger partial charge on any atom is 0.158 e. The fourth-order valence-corrected chi connectivity index (χ4v) is 18.1. The normalized spacial score (nSPS) is 31.9. The van der Waals surface area contributed by atoms with Crippen LogP contribution in [0.3, 0.4) is 0 Å². The van der Waals surface area contributed by atoms with Gasteiger partial charge in [-0.2, -0.15) is 0 Å². The molecule has 13 aliphatic rings. The van der Waals surface area contributed by atoms with Gasteiger partial charge in [0.2, 0.25) is 0 Å². The van der Waals surface area contributed by atoms with E-state index < -0.39 is 0 Å². The number of aryl methyl sites for hydroxylation is 1. The van der Waals surface area contributed by atoms with E-state index >= 15 is 0 Å². The first-order chi connectivity index (χ1) is 37.8. The molecule has 0 N–H and O–H groups in total. The Labute approximate surface area is 458 Å². The lowest BCUT2D eigenvalue weighted by Gasteiger charge is -2.59. The zero-order valence-electron chi connectivity index (χ0n) is 46.2. The maximum atomic E-state index is 7.26. The number of anilines is 2. The van der Waals surface area contributed by atoms with Crippen molar-refractivity contribution in [2.45, 2.75) is 149 Å². The second-order valence-corrected chi connectivity index (χ2v) is 26.5. The molecule has 1 aromatic heterocycles. The third-order valence-corrected chi connectivity index (χ3v) is 21.6. The van der Waals surface area contributed by atoms with Gasteiger partial charge in [0, 0.05) is 63.5 Å². The first-order valence-electron chi connectivity index (χ1n) is 30.8. The summed E-state index contributed by atoms with van der Waals surface area (Å²) in [6.07, 6.45) is 57.6. The molecule has 12 aliphatic carbocycles. The van der Waals surface area contributed by atoms with E-state index in [0.29, 0.717) is 47.3 Å². The SMILES string of the molecule is CC(C)C1=C2C(N(C3=CCCC=C3C3CC=CCC3)c3cccc4c5c(oc34)CCC=C5)=C3CC4C5=C(C=C(N(C6=CCCC=C6C6CCCCC6)c6cccc7c6OC6C=CC=CC76)C6C=CC(C21)C3C56)CCC4(C)C. The number of benzene rings is 2. The minimum atomic E-state index is 0.0289. The van der Waals surface area contributed by atoms with Crippen LogP contribution >= 0.6 is 0 Å². The maximum absolute atomic E-state index is 7.26. The number of ether oxygens (including phenoxy) is 1. The zero-order chi connectivity index (χ0) is 51.3. The monoisotopic (exact) mass is 1010 g/mol. The number of nitrogens with zero attached hydrogens (tertiary/aromatic N) is 2. The van der Waals surface area contributed by atoms with Gasteiger partial charge in [-0.1, -0.05) is 161 Å². The van der Waals surface area contributed by atoms with Gasteiger partial charge >= 0.3 is 0 Å². The molecular weight excluding hydrogens is 937 g/mol. The molecule has 1 aliphatic heterocycles. The molecule has 0 bridgehead atoms. The van der Waals surface area contributed by atoms with Crippen molar-refractivity contribution in [1.29, 1.82) is 0 Å². The third kappa shape index (κ3) is 7.13. The highest BCUT2D eigenvalue weighted by Gasteiger charge is 2.63. The van der Waals surface area contributed by atoms with E-state index in [1.54, 1.807) is 39.1 Å². The molecule has 2 heterocycles. The second kappa shape index (κ2) is 18.0. The first kappa shape index (κ1) is 47.0. The Morgan fingerprint density at radius 2 is 1.49 bits per heavy atom. The van der Waals surface area contributed by atoms with Gasteiger partial charge in [0.25, 0.3) is 0 Å². The Bertz CT molecular complexity index is 3460. The minimum Gasteiger partial charge on any atom is -0.483 e. The fourth-order valence-electron chi connectivity index (χ4n) is 18.1. The minimum absolute atomic E-state index is 0.0289. The van der Waals surface area contributed by atoms with Crippen molar-refractivity contribution in [3.63, 3.8) is 0 Å². The van der Waals surface area contributed by atoms with E-state index in [1.165, 1.54) is 89.9 Å². The van der Waals surface area contributed by atoms with Gasteiger partial charge in [-0.15, -0.1) is 0 Å². The summed E-state index contributed by atoms with van der Waals surface area (Å²) in [4.78, 5) is 5.72. The van der Waals surface area contributed by atoms with Crippen LogP contribution < -0.4 is 14.5 Å². The van der Waals surface area contributed by atoms with Crippen molar-refractivity contribution in [1.82, 2.24) is 0 Å². The highest BCUT2D eigenvalue weighted by Crippen LogP contribution is 2.72. The number of hydrogen-bond donors (Lipinski definition) is 0. The van der Waals surface area contributed by atoms with Gasteiger partial charge in [-0.3, -0.25) is 0 Å². The highest BCUT2D eigenvalue weighted by atomic mass is 16.5. The summed E-state index contributed by atoms with van der Waals surface area (Å²) >= 11 is 0. The van der Waals surface area contributed by atoms with E-state index in [2.05, 4.69) is 165 Å². The predicted molar refractivity (Wildman–Crippen MR) is 316 cm³/mol. The molecule has 77 heavy (non-hydrogen) atoms. The van der Waals surface area contributed by atoms with Crippen LogP contribution in [0.4, 0.5) is 11.4 Å². The lowest BCUT2D eigenvalue weighted by molar-refractivity contribution is 0.119. The van der Waals surface area contributed by atoms with E-state index in [9.17, 15) is 0 Å². The number of furan rings is 1. The van der Waals surface area contributed by atoms with Crippen molar-refractivity contribution in [3.8, 4) is 5.75 Å². The van der Waals surface area contributed by atoms with Crippen LogP contribution in [-0.4, -0.2) is 6.10 Å². The number of rotatable bonds is 9. The molecule has 9 unspecified atom stereocenters. The number of allylic oxidation sites excluding steroid dienone is 19. The van der Waals surface area contributed by atoms with Crippen molar-refractivity contribution in [2.75, 3.05) is 9.80 Å². The first-order valence-corrected chi connectivity index (χ1v) is 30.8. The van der Waals surface area contributed by atoms with Gasteiger partial charge in [0.15, 0.2) is 5.58 Å². The van der Waals surface area contributed by atoms with Gasteiger partial charge in [-0.05, 0) is 182 Å². The lowest BCUT2D eigenvalue weighted by Crippen LogP contribution is -2.51. The summed E-state index contributed by atoms with van der Waals surface area (Å²) < 4.78 is 14.5. The largest absolute Gasteiger partial charge is 0.483 e. The zero-order valence-corrected chi connectivity index (χ0v) is 46.2. The van der Waals surface area contributed by atoms with Crippen LogP contribution in [0.2, 0.25) is 0 Å². The summed E-state index contributed by atoms with van der Waals surface area (Å²) in [7, 11) is 0. The highest BCUT2D eigenvalue weighted by molar-refractivity contribution is 5.99. The van der Waals surface area contributed by atoms with Gasteiger partial charge in [-0.25, -0.2) is 0 Å². The second-order valence-electron chi connectivity index (χ2n) is 26.5. The van der Waals surface area contributed by atoms with Crippen molar-refractivity contribution >= 4 is 28.4 Å². The Morgan fingerprint density at radius 3 is 2.32 bits per heavy atom. The van der Waals surface area contributed by atoms with E-state index in [1.807, 2.05) is 5.57 Å². The molecule has 4 nitrogen and oxygen atoms in total. The summed E-state index contributed by atoms with van der Waals surface area (Å²) in [6.45, 7) is 10.3. The van der Waals surface area contributed by atoms with Crippen LogP contribution in [-0.2, 0) is 6.42 Å². The Morgan fingerprint density at radius 1 is 0.701 bits per heavy atom. The number of fused-ring (bicyclic) bond motifs is 8. The van der Waals surface area contributed by atoms with Crippen molar-refractivity contribution < 1.29 is 9.15 Å². The predicted octanol–water partition coefficient (Wildman–Crippen LogP) is 18.7. The molecule has 2 saturated carbocycles. The van der Waals surface area contributed by atoms with Gasteiger partial charge in [0.05, 0.1) is 11.4 Å². The standard InChI is InChI=1S/C73H78N2O2/c1-43(2)64-68-54-38-37-53-61(74(57-31-15-11-25-47(57)44-21-7-5-8-22-44)59-33-19-29-51-49-27-13-17-35-62(49)76-71(51)59)41-46-39-40-73(3,4)56-42-55(66(54)67(53)65(46)56)70(69(64)68)75(58-32-16-12-26-48(58)45-23-9-6-10-24-45)60-34-20-30-52-50-28-14-18-36-63(50)77-72(52)60/h6,9,13-14,17,19-20,25-35,37-38,41,43-45,49,53-54,56,62,66-68H,5,7-8,10-12,15-16,18,21-24,36,39-40,42H2,1-4H3. The Hall–Kier alpha value is -6.00. The molecular formula is C73H78N2O2. The number of hydrogen-bond acceptors (Lipinski definition) is 4.